The SMILES string of the molecule is C[Si](C)(C)CC(=O)c1c2ccccc2c(C(=O)C[Si](C)(C)C)c2ccccc12. The molecule has 0 radical (unpaired) electrons. The maximum absolute atomic E-state index is 13.4. The number of fused-ring (bicyclic) bond motifs is 2. The molecule has 0 aromatic heterocycles. The topological polar surface area (TPSA) is 34.1 Å². The highest BCUT2D eigenvalue weighted by atomic mass is 28.3. The van der Waals surface area contributed by atoms with Gasteiger partial charge in [0.2, 0.25) is 0 Å². The van der Waals surface area contributed by atoms with Crippen LogP contribution in [-0.2, 0) is 0 Å². The standard InChI is InChI=1S/C24H30O2Si2/c1-27(2,3)15-21(25)23-17-11-7-9-13-19(17)24(22(26)16-28(4,5)6)20-14-10-8-12-18(20)23/h7-14H,15-16H2,1-6H3. The van der Waals surface area contributed by atoms with E-state index in [1.165, 1.54) is 0 Å². The number of ketones is 2. The smallest absolute Gasteiger partial charge is 0.161 e. The molecule has 0 aliphatic rings. The fraction of sp³-hybridized carbons (Fsp3) is 0.333. The highest BCUT2D eigenvalue weighted by molar-refractivity contribution is 6.80. The summed E-state index contributed by atoms with van der Waals surface area (Å²) in [6.45, 7) is 13.3. The van der Waals surface area contributed by atoms with Crippen LogP contribution in [0.2, 0.25) is 51.4 Å². The molecule has 0 saturated carbocycles. The second kappa shape index (κ2) is 7.41. The van der Waals surface area contributed by atoms with Crippen LogP contribution in [0.4, 0.5) is 0 Å². The van der Waals surface area contributed by atoms with Crippen molar-refractivity contribution in [3.63, 3.8) is 0 Å². The lowest BCUT2D eigenvalue weighted by Crippen LogP contribution is -2.25. The highest BCUT2D eigenvalue weighted by Crippen LogP contribution is 2.36. The molecule has 0 atom stereocenters. The second-order valence-electron chi connectivity index (χ2n) is 10.2. The fourth-order valence-electron chi connectivity index (χ4n) is 3.87. The van der Waals surface area contributed by atoms with Gasteiger partial charge in [0.15, 0.2) is 11.6 Å². The summed E-state index contributed by atoms with van der Waals surface area (Å²) in [5.74, 6) is 0.409. The summed E-state index contributed by atoms with van der Waals surface area (Å²) in [5.41, 5.74) is 1.58. The van der Waals surface area contributed by atoms with Gasteiger partial charge in [-0.25, -0.2) is 0 Å². The van der Waals surface area contributed by atoms with E-state index in [2.05, 4.69) is 39.3 Å². The van der Waals surface area contributed by atoms with Gasteiger partial charge < -0.3 is 0 Å². The molecule has 3 rings (SSSR count). The zero-order valence-electron chi connectivity index (χ0n) is 17.8. The molecule has 0 spiro atoms. The van der Waals surface area contributed by atoms with E-state index < -0.39 is 16.1 Å². The lowest BCUT2D eigenvalue weighted by Gasteiger charge is -2.20. The van der Waals surface area contributed by atoms with Gasteiger partial charge in [0.1, 0.15) is 0 Å². The van der Waals surface area contributed by atoms with Crippen LogP contribution >= 0.6 is 0 Å². The third kappa shape index (κ3) is 4.34. The molecule has 0 saturated heterocycles. The molecular formula is C24H30O2Si2. The van der Waals surface area contributed by atoms with Crippen LogP contribution in [0.1, 0.15) is 20.7 Å². The lowest BCUT2D eigenvalue weighted by atomic mass is 9.89. The van der Waals surface area contributed by atoms with Gasteiger partial charge in [0.05, 0.1) is 16.1 Å². The first-order valence-electron chi connectivity index (χ1n) is 9.98. The molecule has 3 aromatic rings. The molecule has 0 fully saturated rings. The number of Topliss-reactive ketones (excluding diaryl/α,β-unsaturated/α-hetero) is 2. The van der Waals surface area contributed by atoms with Crippen molar-refractivity contribution in [3.8, 4) is 0 Å². The average molecular weight is 407 g/mol. The van der Waals surface area contributed by atoms with Crippen molar-refractivity contribution in [2.24, 2.45) is 0 Å². The van der Waals surface area contributed by atoms with Crippen molar-refractivity contribution < 1.29 is 9.59 Å². The monoisotopic (exact) mass is 406 g/mol. The summed E-state index contributed by atoms with van der Waals surface area (Å²) in [7, 11) is -3.11. The quantitative estimate of drug-likeness (QED) is 0.250. The van der Waals surface area contributed by atoms with Gasteiger partial charge in [-0.1, -0.05) is 87.8 Å². The largest absolute Gasteiger partial charge is 0.294 e. The Labute approximate surface area is 170 Å². The Morgan fingerprint density at radius 3 is 1.04 bits per heavy atom. The number of carbonyl (C=O) groups excluding carboxylic acids is 2. The number of hydrogen-bond acceptors (Lipinski definition) is 2. The fourth-order valence-corrected chi connectivity index (χ4v) is 6.15. The number of carbonyl (C=O) groups is 2. The predicted molar refractivity (Wildman–Crippen MR) is 126 cm³/mol. The Bertz CT molecular complexity index is 927. The van der Waals surface area contributed by atoms with E-state index in [-0.39, 0.29) is 11.6 Å². The van der Waals surface area contributed by atoms with Crippen LogP contribution in [0.15, 0.2) is 48.5 Å². The lowest BCUT2D eigenvalue weighted by molar-refractivity contribution is 0.100. The third-order valence-electron chi connectivity index (χ3n) is 4.87. The molecule has 146 valence electrons. The molecule has 28 heavy (non-hydrogen) atoms. The summed E-state index contributed by atoms with van der Waals surface area (Å²) in [5, 5.41) is 3.68. The Hall–Kier alpha value is -2.05. The molecule has 0 heterocycles. The summed E-state index contributed by atoms with van der Waals surface area (Å²) >= 11 is 0. The minimum Gasteiger partial charge on any atom is -0.294 e. The molecule has 0 unspecified atom stereocenters. The van der Waals surface area contributed by atoms with Crippen molar-refractivity contribution >= 4 is 49.3 Å². The van der Waals surface area contributed by atoms with E-state index in [9.17, 15) is 9.59 Å². The first-order chi connectivity index (χ1) is 13.0. The van der Waals surface area contributed by atoms with Crippen molar-refractivity contribution in [1.82, 2.24) is 0 Å². The molecule has 4 heteroatoms. The van der Waals surface area contributed by atoms with Crippen molar-refractivity contribution in [1.29, 1.82) is 0 Å². The summed E-state index contributed by atoms with van der Waals surface area (Å²) in [6, 6.07) is 17.1. The second-order valence-corrected chi connectivity index (χ2v) is 21.1. The first-order valence-corrected chi connectivity index (χ1v) is 17.4. The molecular weight excluding hydrogens is 376 g/mol. The molecule has 2 nitrogen and oxygen atoms in total. The average Bonchev–Trinajstić information content (AvgIpc) is 2.56. The molecule has 0 aliphatic heterocycles. The molecule has 0 amide bonds. The molecule has 0 bridgehead atoms. The van der Waals surface area contributed by atoms with Crippen LogP contribution in [0.5, 0.6) is 0 Å². The summed E-state index contributed by atoms with van der Waals surface area (Å²) < 4.78 is 0. The minimum absolute atomic E-state index is 0.204. The highest BCUT2D eigenvalue weighted by Gasteiger charge is 2.27. The van der Waals surface area contributed by atoms with Crippen molar-refractivity contribution in [2.45, 2.75) is 51.4 Å². The zero-order chi connectivity index (χ0) is 20.7. The van der Waals surface area contributed by atoms with E-state index in [1.54, 1.807) is 0 Å². The molecule has 3 aromatic carbocycles. The van der Waals surface area contributed by atoms with Gasteiger partial charge in [-0.05, 0) is 21.5 Å². The Morgan fingerprint density at radius 1 is 0.571 bits per heavy atom. The van der Waals surface area contributed by atoms with Crippen LogP contribution in [-0.4, -0.2) is 27.7 Å². The van der Waals surface area contributed by atoms with Gasteiger partial charge >= 0.3 is 0 Å². The van der Waals surface area contributed by atoms with Crippen molar-refractivity contribution in [3.05, 3.63) is 59.7 Å². The van der Waals surface area contributed by atoms with E-state index >= 15 is 0 Å². The number of benzene rings is 3. The van der Waals surface area contributed by atoms with Crippen LogP contribution in [0, 0.1) is 0 Å². The van der Waals surface area contributed by atoms with Gasteiger partial charge in [-0.15, -0.1) is 0 Å². The van der Waals surface area contributed by atoms with Crippen LogP contribution in [0.3, 0.4) is 0 Å². The first kappa shape index (κ1) is 20.7. The van der Waals surface area contributed by atoms with E-state index in [1.807, 2.05) is 48.5 Å². The predicted octanol–water partition coefficient (Wildman–Crippen LogP) is 7.03. The Kier molecular flexibility index (Phi) is 5.47. The molecule has 0 N–H and O–H groups in total. The zero-order valence-corrected chi connectivity index (χ0v) is 19.8. The Morgan fingerprint density at radius 2 is 0.821 bits per heavy atom. The van der Waals surface area contributed by atoms with Crippen LogP contribution < -0.4 is 0 Å². The van der Waals surface area contributed by atoms with E-state index in [4.69, 9.17) is 0 Å². The maximum atomic E-state index is 13.4. The minimum atomic E-state index is -1.56. The Balaban J connectivity index is 2.37. The van der Waals surface area contributed by atoms with Gasteiger partial charge in [0, 0.05) is 23.2 Å². The number of rotatable bonds is 6. The van der Waals surface area contributed by atoms with E-state index in [0.29, 0.717) is 12.1 Å². The molecule has 0 aliphatic carbocycles. The summed E-state index contributed by atoms with van der Waals surface area (Å²) in [6.07, 6.45) is 0. The van der Waals surface area contributed by atoms with Gasteiger partial charge in [-0.3, -0.25) is 9.59 Å². The van der Waals surface area contributed by atoms with Gasteiger partial charge in [0.25, 0.3) is 0 Å². The van der Waals surface area contributed by atoms with Gasteiger partial charge in [-0.2, -0.15) is 0 Å². The van der Waals surface area contributed by atoms with Crippen molar-refractivity contribution in [2.75, 3.05) is 0 Å². The number of hydrogen-bond donors (Lipinski definition) is 0. The van der Waals surface area contributed by atoms with Crippen LogP contribution in [0.25, 0.3) is 21.5 Å². The third-order valence-corrected chi connectivity index (χ3v) is 7.63. The normalized spacial score (nSPS) is 12.5. The van der Waals surface area contributed by atoms with E-state index in [0.717, 1.165) is 32.7 Å². The summed E-state index contributed by atoms with van der Waals surface area (Å²) in [4.78, 5) is 26.7. The maximum Gasteiger partial charge on any atom is 0.161 e.